The van der Waals surface area contributed by atoms with Crippen molar-refractivity contribution < 1.29 is 14.3 Å². The van der Waals surface area contributed by atoms with Gasteiger partial charge in [-0.2, -0.15) is 4.98 Å². The number of amides is 1. The Morgan fingerprint density at radius 2 is 1.81 bits per heavy atom. The van der Waals surface area contributed by atoms with E-state index < -0.39 is 0 Å². The fourth-order valence-corrected chi connectivity index (χ4v) is 3.03. The number of hydrogen-bond acceptors (Lipinski definition) is 7. The average molecular weight is 373 g/mol. The number of carbonyl (C=O) groups is 1. The van der Waals surface area contributed by atoms with E-state index in [2.05, 4.69) is 20.4 Å². The van der Waals surface area contributed by atoms with Crippen LogP contribution in [-0.4, -0.2) is 45.5 Å². The maximum atomic E-state index is 12.2. The van der Waals surface area contributed by atoms with Crippen LogP contribution in [0.2, 0.25) is 0 Å². The second-order valence-electron chi connectivity index (χ2n) is 5.58. The summed E-state index contributed by atoms with van der Waals surface area (Å²) in [6.45, 7) is 3.85. The number of benzene rings is 1. The summed E-state index contributed by atoms with van der Waals surface area (Å²) >= 11 is 1.25. The highest BCUT2D eigenvalue weighted by Crippen LogP contribution is 2.26. The van der Waals surface area contributed by atoms with Crippen molar-refractivity contribution in [3.05, 3.63) is 35.7 Å². The fourth-order valence-electron chi connectivity index (χ4n) is 2.42. The molecule has 3 rings (SSSR count). The molecule has 9 heteroatoms. The molecule has 1 aromatic carbocycles. The second kappa shape index (κ2) is 7.61. The van der Waals surface area contributed by atoms with Crippen molar-refractivity contribution >= 4 is 29.1 Å². The predicted molar refractivity (Wildman–Crippen MR) is 99.2 cm³/mol. The molecule has 0 atom stereocenters. The van der Waals surface area contributed by atoms with Gasteiger partial charge in [-0.05, 0) is 19.9 Å². The molecule has 2 aromatic heterocycles. The fraction of sp³-hybridized carbons (Fsp3) is 0.294. The van der Waals surface area contributed by atoms with E-state index in [0.29, 0.717) is 28.1 Å². The number of nitrogens with zero attached hydrogens (tertiary/aromatic N) is 4. The number of ether oxygens (including phenoxy) is 2. The number of thioether (sulfide) groups is 1. The first kappa shape index (κ1) is 18.0. The minimum atomic E-state index is -0.176. The van der Waals surface area contributed by atoms with Crippen molar-refractivity contribution in [2.45, 2.75) is 19.0 Å². The van der Waals surface area contributed by atoms with Gasteiger partial charge in [0.25, 0.3) is 5.78 Å². The van der Waals surface area contributed by atoms with Crippen LogP contribution in [-0.2, 0) is 4.79 Å². The van der Waals surface area contributed by atoms with Crippen molar-refractivity contribution in [3.8, 4) is 11.5 Å². The predicted octanol–water partition coefficient (Wildman–Crippen LogP) is 2.49. The van der Waals surface area contributed by atoms with Crippen molar-refractivity contribution in [2.75, 3.05) is 25.3 Å². The van der Waals surface area contributed by atoms with Crippen LogP contribution in [0.3, 0.4) is 0 Å². The minimum absolute atomic E-state index is 0.175. The van der Waals surface area contributed by atoms with Gasteiger partial charge in [0, 0.05) is 35.3 Å². The summed E-state index contributed by atoms with van der Waals surface area (Å²) in [5.41, 5.74) is 2.42. The zero-order chi connectivity index (χ0) is 18.7. The number of fused-ring (bicyclic) bond motifs is 1. The lowest BCUT2D eigenvalue weighted by Crippen LogP contribution is -2.14. The Hall–Kier alpha value is -2.81. The van der Waals surface area contributed by atoms with Crippen LogP contribution in [0.15, 0.2) is 29.4 Å². The molecule has 1 amide bonds. The molecule has 136 valence electrons. The SMILES string of the molecule is COc1cc(NC(=O)CSc2nc3nc(C)cc(C)n3n2)cc(OC)c1. The molecule has 2 heterocycles. The lowest BCUT2D eigenvalue weighted by atomic mass is 10.2. The topological polar surface area (TPSA) is 90.6 Å². The Morgan fingerprint density at radius 1 is 1.12 bits per heavy atom. The molecular weight excluding hydrogens is 354 g/mol. The molecule has 0 saturated carbocycles. The molecule has 0 spiro atoms. The Bertz CT molecular complexity index is 935. The number of anilines is 1. The molecule has 0 aliphatic rings. The highest BCUT2D eigenvalue weighted by Gasteiger charge is 2.11. The van der Waals surface area contributed by atoms with Crippen molar-refractivity contribution in [2.24, 2.45) is 0 Å². The van der Waals surface area contributed by atoms with Crippen molar-refractivity contribution in [1.82, 2.24) is 19.6 Å². The number of rotatable bonds is 6. The molecule has 8 nitrogen and oxygen atoms in total. The van der Waals surface area contributed by atoms with E-state index in [1.165, 1.54) is 11.8 Å². The molecule has 3 aromatic rings. The van der Waals surface area contributed by atoms with Gasteiger partial charge in [-0.15, -0.1) is 5.10 Å². The number of hydrogen-bond donors (Lipinski definition) is 1. The summed E-state index contributed by atoms with van der Waals surface area (Å²) in [6, 6.07) is 7.12. The van der Waals surface area contributed by atoms with E-state index in [4.69, 9.17) is 9.47 Å². The Balaban J connectivity index is 1.67. The normalized spacial score (nSPS) is 10.8. The largest absolute Gasteiger partial charge is 0.497 e. The highest BCUT2D eigenvalue weighted by atomic mass is 32.2. The van der Waals surface area contributed by atoms with Crippen LogP contribution in [0.25, 0.3) is 5.78 Å². The van der Waals surface area contributed by atoms with Gasteiger partial charge in [0.05, 0.1) is 20.0 Å². The van der Waals surface area contributed by atoms with Gasteiger partial charge in [-0.1, -0.05) is 11.8 Å². The molecule has 0 fully saturated rings. The third-order valence-corrected chi connectivity index (χ3v) is 4.40. The Labute approximate surface area is 154 Å². The zero-order valence-electron chi connectivity index (χ0n) is 14.9. The van der Waals surface area contributed by atoms with Gasteiger partial charge < -0.3 is 14.8 Å². The maximum Gasteiger partial charge on any atom is 0.253 e. The molecule has 26 heavy (non-hydrogen) atoms. The summed E-state index contributed by atoms with van der Waals surface area (Å²) in [5, 5.41) is 7.70. The standard InChI is InChI=1S/C17H19N5O3S/c1-10-5-11(2)22-16(18-10)20-17(21-22)26-9-15(23)19-12-6-13(24-3)8-14(7-12)25-4/h5-8H,9H2,1-4H3,(H,19,23). The minimum Gasteiger partial charge on any atom is -0.497 e. The van der Waals surface area contributed by atoms with Gasteiger partial charge in [0.1, 0.15) is 11.5 Å². The summed E-state index contributed by atoms with van der Waals surface area (Å²) in [5.74, 6) is 1.74. The van der Waals surface area contributed by atoms with Crippen molar-refractivity contribution in [3.63, 3.8) is 0 Å². The van der Waals surface area contributed by atoms with Crippen LogP contribution in [0.1, 0.15) is 11.4 Å². The quantitative estimate of drug-likeness (QED) is 0.664. The molecule has 0 unspecified atom stereocenters. The van der Waals surface area contributed by atoms with Gasteiger partial charge in [-0.25, -0.2) is 9.50 Å². The summed E-state index contributed by atoms with van der Waals surface area (Å²) in [7, 11) is 3.12. The molecular formula is C17H19N5O3S. The summed E-state index contributed by atoms with van der Waals surface area (Å²) in [4.78, 5) is 20.9. The number of nitrogens with one attached hydrogen (secondary N) is 1. The average Bonchev–Trinajstić information content (AvgIpc) is 3.02. The number of carbonyl (C=O) groups excluding carboxylic acids is 1. The van der Waals surface area contributed by atoms with Crippen LogP contribution < -0.4 is 14.8 Å². The lowest BCUT2D eigenvalue weighted by molar-refractivity contribution is -0.113. The van der Waals surface area contributed by atoms with E-state index in [1.807, 2.05) is 19.9 Å². The highest BCUT2D eigenvalue weighted by molar-refractivity contribution is 7.99. The Morgan fingerprint density at radius 3 is 2.46 bits per heavy atom. The first-order chi connectivity index (χ1) is 12.5. The van der Waals surface area contributed by atoms with Gasteiger partial charge in [-0.3, -0.25) is 4.79 Å². The molecule has 1 N–H and O–H groups in total. The summed E-state index contributed by atoms with van der Waals surface area (Å²) < 4.78 is 12.1. The summed E-state index contributed by atoms with van der Waals surface area (Å²) in [6.07, 6.45) is 0. The third kappa shape index (κ3) is 4.05. The first-order valence-electron chi connectivity index (χ1n) is 7.85. The van der Waals surface area contributed by atoms with Crippen LogP contribution in [0.5, 0.6) is 11.5 Å². The number of aryl methyl sites for hydroxylation is 2. The van der Waals surface area contributed by atoms with Gasteiger partial charge in [0.2, 0.25) is 11.1 Å². The van der Waals surface area contributed by atoms with E-state index in [-0.39, 0.29) is 11.7 Å². The molecule has 0 radical (unpaired) electrons. The molecule has 0 aliphatic heterocycles. The van der Waals surface area contributed by atoms with Crippen molar-refractivity contribution in [1.29, 1.82) is 0 Å². The van der Waals surface area contributed by atoms with Crippen LogP contribution in [0.4, 0.5) is 5.69 Å². The Kier molecular flexibility index (Phi) is 5.27. The molecule has 0 saturated heterocycles. The number of aromatic nitrogens is 4. The van der Waals surface area contributed by atoms with Gasteiger partial charge >= 0.3 is 0 Å². The third-order valence-electron chi connectivity index (χ3n) is 3.57. The monoisotopic (exact) mass is 373 g/mol. The van der Waals surface area contributed by atoms with E-state index in [9.17, 15) is 4.79 Å². The second-order valence-corrected chi connectivity index (χ2v) is 6.53. The van der Waals surface area contributed by atoms with E-state index in [0.717, 1.165) is 11.4 Å². The number of methoxy groups -OCH3 is 2. The molecule has 0 bridgehead atoms. The first-order valence-corrected chi connectivity index (χ1v) is 8.84. The maximum absolute atomic E-state index is 12.2. The zero-order valence-corrected chi connectivity index (χ0v) is 15.8. The van der Waals surface area contributed by atoms with Crippen LogP contribution in [0, 0.1) is 13.8 Å². The molecule has 0 aliphatic carbocycles. The smallest absolute Gasteiger partial charge is 0.253 e. The lowest BCUT2D eigenvalue weighted by Gasteiger charge is -2.09. The van der Waals surface area contributed by atoms with Crippen LogP contribution >= 0.6 is 11.8 Å². The van der Waals surface area contributed by atoms with Gasteiger partial charge in [0.15, 0.2) is 0 Å². The van der Waals surface area contributed by atoms with E-state index >= 15 is 0 Å². The van der Waals surface area contributed by atoms with E-state index in [1.54, 1.807) is 36.9 Å².